The number of carbonyl (C=O) groups excluding carboxylic acids is 1. The minimum Gasteiger partial charge on any atom is -0.496 e. The van der Waals surface area contributed by atoms with E-state index in [0.717, 1.165) is 13.1 Å². The highest BCUT2D eigenvalue weighted by molar-refractivity contribution is 5.99. The van der Waals surface area contributed by atoms with Crippen LogP contribution < -0.4 is 4.74 Å². The summed E-state index contributed by atoms with van der Waals surface area (Å²) < 4.78 is 18.9. The molecule has 0 atom stereocenters. The molecule has 1 saturated heterocycles. The number of ketones is 1. The molecule has 2 rings (SSSR count). The molecule has 0 aromatic heterocycles. The summed E-state index contributed by atoms with van der Waals surface area (Å²) in [5.41, 5.74) is 0.0878. The number of halogens is 1. The summed E-state index contributed by atoms with van der Waals surface area (Å²) in [5.74, 6) is -0.347. The van der Waals surface area contributed by atoms with E-state index in [4.69, 9.17) is 4.74 Å². The molecule has 0 unspecified atom stereocenters. The van der Waals surface area contributed by atoms with Crippen LogP contribution in [0.5, 0.6) is 5.75 Å². The molecule has 1 aliphatic rings. The highest BCUT2D eigenvalue weighted by Crippen LogP contribution is 2.23. The molecule has 1 heterocycles. The smallest absolute Gasteiger partial charge is 0.170 e. The Kier molecular flexibility index (Phi) is 5.53. The van der Waals surface area contributed by atoms with Gasteiger partial charge >= 0.3 is 0 Å². The molecule has 0 saturated carbocycles. The number of methoxy groups -OCH3 is 1. The number of benzene rings is 1. The van der Waals surface area contributed by atoms with E-state index >= 15 is 0 Å². The number of Topliss-reactive ketones (excluding diaryl/α,β-unsaturated/α-hetero) is 1. The van der Waals surface area contributed by atoms with E-state index in [2.05, 4.69) is 4.90 Å². The van der Waals surface area contributed by atoms with Gasteiger partial charge in [-0.3, -0.25) is 4.79 Å². The van der Waals surface area contributed by atoms with Crippen LogP contribution in [0.1, 0.15) is 42.5 Å². The van der Waals surface area contributed by atoms with E-state index in [0.29, 0.717) is 18.7 Å². The Balaban J connectivity index is 1.97. The van der Waals surface area contributed by atoms with Crippen molar-refractivity contribution in [2.24, 2.45) is 0 Å². The molecular weight excluding hydrogens is 257 g/mol. The predicted molar refractivity (Wildman–Crippen MR) is 76.8 cm³/mol. The molecule has 0 N–H and O–H groups in total. The second kappa shape index (κ2) is 7.39. The third-order valence-electron chi connectivity index (χ3n) is 3.83. The Morgan fingerprint density at radius 2 is 1.95 bits per heavy atom. The van der Waals surface area contributed by atoms with Crippen LogP contribution in [0.2, 0.25) is 0 Å². The van der Waals surface area contributed by atoms with Gasteiger partial charge in [-0.05, 0) is 38.1 Å². The summed E-state index contributed by atoms with van der Waals surface area (Å²) in [6.07, 6.45) is 5.27. The first-order valence-corrected chi connectivity index (χ1v) is 7.30. The van der Waals surface area contributed by atoms with Gasteiger partial charge in [-0.2, -0.15) is 0 Å². The molecule has 3 nitrogen and oxygen atoms in total. The lowest BCUT2D eigenvalue weighted by Gasteiger charge is -2.19. The van der Waals surface area contributed by atoms with Crippen molar-refractivity contribution in [3.63, 3.8) is 0 Å². The van der Waals surface area contributed by atoms with Gasteiger partial charge in [-0.1, -0.05) is 18.9 Å². The number of carbonyl (C=O) groups is 1. The maximum Gasteiger partial charge on any atom is 0.170 e. The molecule has 20 heavy (non-hydrogen) atoms. The van der Waals surface area contributed by atoms with Crippen molar-refractivity contribution in [2.75, 3.05) is 26.7 Å². The summed E-state index contributed by atoms with van der Waals surface area (Å²) in [7, 11) is 1.46. The first-order valence-electron chi connectivity index (χ1n) is 7.30. The Bertz CT molecular complexity index is 454. The molecule has 1 aliphatic heterocycles. The zero-order valence-electron chi connectivity index (χ0n) is 12.0. The van der Waals surface area contributed by atoms with Crippen LogP contribution in [-0.2, 0) is 0 Å². The molecule has 1 aromatic rings. The van der Waals surface area contributed by atoms with Crippen molar-refractivity contribution in [1.29, 1.82) is 0 Å². The molecular formula is C16H22FNO2. The van der Waals surface area contributed by atoms with Crippen molar-refractivity contribution in [1.82, 2.24) is 4.90 Å². The SMILES string of the molecule is COc1cccc(F)c1C(=O)CCN1CCCCCC1. The van der Waals surface area contributed by atoms with Crippen LogP contribution in [0.25, 0.3) is 0 Å². The van der Waals surface area contributed by atoms with Gasteiger partial charge in [0, 0.05) is 13.0 Å². The van der Waals surface area contributed by atoms with Crippen LogP contribution in [0.3, 0.4) is 0 Å². The second-order valence-corrected chi connectivity index (χ2v) is 5.25. The molecule has 1 aromatic carbocycles. The van der Waals surface area contributed by atoms with Crippen LogP contribution in [0.4, 0.5) is 4.39 Å². The standard InChI is InChI=1S/C16H22FNO2/c1-20-15-8-6-7-13(17)16(15)14(19)9-12-18-10-4-2-3-5-11-18/h6-8H,2-5,9-12H2,1H3. The van der Waals surface area contributed by atoms with Crippen LogP contribution in [0.15, 0.2) is 18.2 Å². The molecule has 0 radical (unpaired) electrons. The number of likely N-dealkylation sites (tertiary alicyclic amines) is 1. The monoisotopic (exact) mass is 279 g/mol. The van der Waals surface area contributed by atoms with Gasteiger partial charge in [0.25, 0.3) is 0 Å². The maximum atomic E-state index is 13.8. The summed E-state index contributed by atoms with van der Waals surface area (Å²) in [5, 5.41) is 0. The van der Waals surface area contributed by atoms with Crippen LogP contribution in [0, 0.1) is 5.82 Å². The number of ether oxygens (including phenoxy) is 1. The molecule has 0 spiro atoms. The van der Waals surface area contributed by atoms with Crippen LogP contribution >= 0.6 is 0 Å². The lowest BCUT2D eigenvalue weighted by atomic mass is 10.1. The van der Waals surface area contributed by atoms with Crippen molar-refractivity contribution < 1.29 is 13.9 Å². The maximum absolute atomic E-state index is 13.8. The van der Waals surface area contributed by atoms with Crippen molar-refractivity contribution in [3.05, 3.63) is 29.6 Å². The van der Waals surface area contributed by atoms with Crippen molar-refractivity contribution in [2.45, 2.75) is 32.1 Å². The summed E-state index contributed by atoms with van der Waals surface area (Å²) >= 11 is 0. The van der Waals surface area contributed by atoms with Gasteiger partial charge < -0.3 is 9.64 Å². The molecule has 4 heteroatoms. The normalized spacial score (nSPS) is 16.7. The van der Waals surface area contributed by atoms with E-state index in [1.54, 1.807) is 12.1 Å². The first-order chi connectivity index (χ1) is 9.72. The van der Waals surface area contributed by atoms with Gasteiger partial charge in [0.15, 0.2) is 5.78 Å². The minimum atomic E-state index is -0.495. The average molecular weight is 279 g/mol. The van der Waals surface area contributed by atoms with Gasteiger partial charge in [-0.25, -0.2) is 4.39 Å². The third-order valence-corrected chi connectivity index (χ3v) is 3.83. The predicted octanol–water partition coefficient (Wildman–Crippen LogP) is 3.28. The minimum absolute atomic E-state index is 0.0878. The summed E-state index contributed by atoms with van der Waals surface area (Å²) in [6.45, 7) is 2.79. The largest absolute Gasteiger partial charge is 0.496 e. The van der Waals surface area contributed by atoms with E-state index in [-0.39, 0.29) is 11.3 Å². The fraction of sp³-hybridized carbons (Fsp3) is 0.562. The average Bonchev–Trinajstić information content (AvgIpc) is 2.73. The Morgan fingerprint density at radius 3 is 2.60 bits per heavy atom. The summed E-state index contributed by atoms with van der Waals surface area (Å²) in [4.78, 5) is 14.5. The summed E-state index contributed by atoms with van der Waals surface area (Å²) in [6, 6.07) is 4.49. The topological polar surface area (TPSA) is 29.5 Å². The molecule has 110 valence electrons. The third kappa shape index (κ3) is 3.79. The van der Waals surface area contributed by atoms with Crippen molar-refractivity contribution in [3.8, 4) is 5.75 Å². The van der Waals surface area contributed by atoms with Gasteiger partial charge in [0.2, 0.25) is 0 Å². The highest BCUT2D eigenvalue weighted by atomic mass is 19.1. The number of hydrogen-bond donors (Lipinski definition) is 0. The molecule has 0 bridgehead atoms. The van der Waals surface area contributed by atoms with Crippen LogP contribution in [-0.4, -0.2) is 37.4 Å². The fourth-order valence-corrected chi connectivity index (χ4v) is 2.69. The van der Waals surface area contributed by atoms with E-state index in [9.17, 15) is 9.18 Å². The molecule has 0 aliphatic carbocycles. The van der Waals surface area contributed by atoms with Gasteiger partial charge in [0.1, 0.15) is 11.6 Å². The first kappa shape index (κ1) is 15.0. The van der Waals surface area contributed by atoms with Crippen molar-refractivity contribution >= 4 is 5.78 Å². The molecule has 1 fully saturated rings. The fourth-order valence-electron chi connectivity index (χ4n) is 2.69. The Labute approximate surface area is 119 Å². The number of nitrogens with zero attached hydrogens (tertiary/aromatic N) is 1. The lowest BCUT2D eigenvalue weighted by Crippen LogP contribution is -2.27. The van der Waals surface area contributed by atoms with Gasteiger partial charge in [0.05, 0.1) is 12.7 Å². The van der Waals surface area contributed by atoms with E-state index in [1.807, 2.05) is 0 Å². The van der Waals surface area contributed by atoms with Gasteiger partial charge in [-0.15, -0.1) is 0 Å². The van der Waals surface area contributed by atoms with E-state index < -0.39 is 5.82 Å². The lowest BCUT2D eigenvalue weighted by molar-refractivity contribution is 0.0957. The zero-order chi connectivity index (χ0) is 14.4. The Hall–Kier alpha value is -1.42. The number of rotatable bonds is 5. The Morgan fingerprint density at radius 1 is 1.25 bits per heavy atom. The zero-order valence-corrected chi connectivity index (χ0v) is 12.0. The quantitative estimate of drug-likeness (QED) is 0.775. The van der Waals surface area contributed by atoms with E-state index in [1.165, 1.54) is 38.9 Å². The highest BCUT2D eigenvalue weighted by Gasteiger charge is 2.18. The molecule has 0 amide bonds. The second-order valence-electron chi connectivity index (χ2n) is 5.25. The number of hydrogen-bond acceptors (Lipinski definition) is 3.